The van der Waals surface area contributed by atoms with E-state index in [1.165, 1.54) is 32.6 Å². The normalized spacial score (nSPS) is 19.0. The Bertz CT molecular complexity index is 1050. The van der Waals surface area contributed by atoms with Crippen molar-refractivity contribution in [1.29, 1.82) is 0 Å². The van der Waals surface area contributed by atoms with Crippen molar-refractivity contribution >= 4 is 43.7 Å². The molecule has 0 aliphatic carbocycles. The molecule has 5 amide bonds. The zero-order valence-electron chi connectivity index (χ0n) is 25.7. The van der Waals surface area contributed by atoms with Crippen LogP contribution >= 0.6 is 8.03 Å². The molecular weight excluding hydrogens is 573 g/mol. The summed E-state index contributed by atoms with van der Waals surface area (Å²) in [5.74, 6) is -5.11. The minimum absolute atomic E-state index is 0.261. The van der Waals surface area contributed by atoms with Gasteiger partial charge in [-0.15, -0.1) is 4.52 Å². The Morgan fingerprint density at radius 1 is 0.857 bits per heavy atom. The summed E-state index contributed by atoms with van der Waals surface area (Å²) < 4.78 is 23.4. The second-order valence-electron chi connectivity index (χ2n) is 11.6. The lowest BCUT2D eigenvalue weighted by atomic mass is 10.1. The van der Waals surface area contributed by atoms with Crippen molar-refractivity contribution in [3.8, 4) is 0 Å². The average Bonchev–Trinajstić information content (AvgIpc) is 3.34. The van der Waals surface area contributed by atoms with Gasteiger partial charge in [0.05, 0.1) is 0 Å². The van der Waals surface area contributed by atoms with Gasteiger partial charge in [-0.3, -0.25) is 24.0 Å². The maximum absolute atomic E-state index is 13.2. The largest absolute Gasteiger partial charge is 0.534 e. The van der Waals surface area contributed by atoms with Gasteiger partial charge in [0.25, 0.3) is 11.7 Å². The zero-order valence-corrected chi connectivity index (χ0v) is 26.6. The quantitative estimate of drug-likeness (QED) is 0.186. The lowest BCUT2D eigenvalue weighted by molar-refractivity contribution is -0.142. The molecule has 0 aromatic heterocycles. The molecule has 1 heterocycles. The number of aliphatic carboxylic acids is 1. The fourth-order valence-corrected chi connectivity index (χ4v) is 5.13. The van der Waals surface area contributed by atoms with Crippen LogP contribution in [0.4, 0.5) is 4.79 Å². The molecule has 1 aliphatic heterocycles. The number of ether oxygens (including phenoxy) is 1. The third-order valence-corrected chi connectivity index (χ3v) is 7.91. The number of hydrogen-bond donors (Lipinski definition) is 5. The van der Waals surface area contributed by atoms with Gasteiger partial charge in [0.1, 0.15) is 29.8 Å². The van der Waals surface area contributed by atoms with E-state index < -0.39 is 85.4 Å². The number of carbonyl (C=O) groups excluding carboxylic acids is 5. The highest BCUT2D eigenvalue weighted by atomic mass is 31.1. The number of carboxylic acid groups (broad SMARTS) is 1. The highest BCUT2D eigenvalue weighted by Crippen LogP contribution is 2.35. The number of carbonyl (C=O) groups is 6. The van der Waals surface area contributed by atoms with Gasteiger partial charge < -0.3 is 36.0 Å². The van der Waals surface area contributed by atoms with E-state index in [2.05, 4.69) is 21.3 Å². The molecule has 42 heavy (non-hydrogen) atoms. The smallest absolute Gasteiger partial charge is 0.480 e. The fourth-order valence-electron chi connectivity index (χ4n) is 3.87. The van der Waals surface area contributed by atoms with Gasteiger partial charge in [-0.25, -0.2) is 4.79 Å². The predicted molar refractivity (Wildman–Crippen MR) is 151 cm³/mol. The van der Waals surface area contributed by atoms with Crippen LogP contribution in [0.1, 0.15) is 75.2 Å². The number of hydrogen-bond acceptors (Lipinski definition) is 9. The molecule has 5 N–H and O–H groups in total. The summed E-state index contributed by atoms with van der Waals surface area (Å²) in [5.41, 5.74) is -0.754. The molecule has 7 atom stereocenters. The van der Waals surface area contributed by atoms with Crippen LogP contribution in [0.25, 0.3) is 0 Å². The number of carboxylic acids is 1. The summed E-state index contributed by atoms with van der Waals surface area (Å²) in [4.78, 5) is 75.5. The summed E-state index contributed by atoms with van der Waals surface area (Å²) in [6, 6.07) is -4.07. The second kappa shape index (κ2) is 15.8. The first kappa shape index (κ1) is 36.7. The number of rotatable bonds is 13. The maximum atomic E-state index is 13.2. The monoisotopic (exact) mass is 618 g/mol. The van der Waals surface area contributed by atoms with E-state index in [1.807, 2.05) is 0 Å². The Kier molecular flexibility index (Phi) is 13.8. The number of alkyl carbamates (subject to hydrolysis) is 1. The van der Waals surface area contributed by atoms with Gasteiger partial charge in [-0.05, 0) is 65.9 Å². The minimum atomic E-state index is -2.62. The van der Waals surface area contributed by atoms with Gasteiger partial charge in [-0.1, -0.05) is 13.8 Å². The third kappa shape index (κ3) is 11.5. The molecule has 1 aliphatic rings. The molecular formula is C26H45N5O10P+. The first-order valence-corrected chi connectivity index (χ1v) is 15.1. The SMILES string of the molecule is CC(C)[C@H](NC(=O)[C@@H]1CCCN1C(=O)[C@H](C)NC(=O)[C@H](C)NC(=O)OC(C)(C)C)[P+](=O)O[C@@H](C)C(=O)N[C@@H](C)C(=O)O. The Morgan fingerprint density at radius 3 is 1.95 bits per heavy atom. The number of likely N-dealkylation sites (tertiary alicyclic amines) is 1. The van der Waals surface area contributed by atoms with Gasteiger partial charge in [0, 0.05) is 12.5 Å². The molecule has 15 nitrogen and oxygen atoms in total. The molecule has 16 heteroatoms. The van der Waals surface area contributed by atoms with Crippen molar-refractivity contribution in [2.75, 3.05) is 6.54 Å². The van der Waals surface area contributed by atoms with Crippen LogP contribution in [0.2, 0.25) is 0 Å². The Morgan fingerprint density at radius 2 is 1.43 bits per heavy atom. The summed E-state index contributed by atoms with van der Waals surface area (Å²) in [6.45, 7) is 14.2. The van der Waals surface area contributed by atoms with E-state index in [1.54, 1.807) is 34.6 Å². The number of amides is 5. The van der Waals surface area contributed by atoms with E-state index in [4.69, 9.17) is 14.4 Å². The average molecular weight is 619 g/mol. The van der Waals surface area contributed by atoms with Crippen LogP contribution in [0.15, 0.2) is 0 Å². The van der Waals surface area contributed by atoms with Crippen LogP contribution < -0.4 is 21.3 Å². The molecule has 0 aromatic rings. The molecule has 238 valence electrons. The molecule has 1 unspecified atom stereocenters. The minimum Gasteiger partial charge on any atom is -0.480 e. The van der Waals surface area contributed by atoms with Crippen LogP contribution in [-0.4, -0.2) is 93.9 Å². The second-order valence-corrected chi connectivity index (χ2v) is 12.9. The first-order chi connectivity index (χ1) is 19.2. The molecule has 0 bridgehead atoms. The van der Waals surface area contributed by atoms with Crippen molar-refractivity contribution in [2.24, 2.45) is 5.92 Å². The highest BCUT2D eigenvalue weighted by Gasteiger charge is 2.44. The van der Waals surface area contributed by atoms with Crippen molar-refractivity contribution < 1.29 is 47.7 Å². The summed E-state index contributed by atoms with van der Waals surface area (Å²) in [7, 11) is -2.62. The van der Waals surface area contributed by atoms with Crippen LogP contribution in [0.3, 0.4) is 0 Å². The van der Waals surface area contributed by atoms with Crippen molar-refractivity contribution in [2.45, 2.75) is 117 Å². The molecule has 0 aromatic carbocycles. The standard InChI is InChI=1S/C26H44N5O10P/c1-13(2)22(42(39)41-17(6)20(33)28-16(5)24(36)37)30-21(34)18-11-10-12-31(18)23(35)15(4)27-19(32)14(3)29-25(38)40-26(7,8)9/h13-18,22H,10-12H2,1-9H3,(H4-,27,28,29,30,32,33,34,36,37,38)/p+1/t14-,15-,16-,17-,18-,22+/m0/s1. The maximum Gasteiger partial charge on any atom is 0.534 e. The Hall–Kier alpha value is -3.32. The van der Waals surface area contributed by atoms with E-state index in [9.17, 15) is 33.3 Å². The van der Waals surface area contributed by atoms with Gasteiger partial charge in [0.2, 0.25) is 17.7 Å². The Balaban J connectivity index is 2.81. The summed E-state index contributed by atoms with van der Waals surface area (Å²) in [6.07, 6.45) is -1.18. The van der Waals surface area contributed by atoms with E-state index in [-0.39, 0.29) is 12.5 Å². The van der Waals surface area contributed by atoms with E-state index in [0.717, 1.165) is 0 Å². The van der Waals surface area contributed by atoms with E-state index >= 15 is 0 Å². The van der Waals surface area contributed by atoms with Gasteiger partial charge >= 0.3 is 20.1 Å². The predicted octanol–water partition coefficient (Wildman–Crippen LogP) is 1.23. The first-order valence-electron chi connectivity index (χ1n) is 13.8. The number of nitrogens with zero attached hydrogens (tertiary/aromatic N) is 1. The molecule has 1 saturated heterocycles. The summed E-state index contributed by atoms with van der Waals surface area (Å²) in [5, 5.41) is 18.8. The van der Waals surface area contributed by atoms with Gasteiger partial charge in [0.15, 0.2) is 6.10 Å². The van der Waals surface area contributed by atoms with Crippen LogP contribution in [-0.2, 0) is 37.8 Å². The molecule has 1 fully saturated rings. The van der Waals surface area contributed by atoms with Crippen LogP contribution in [0.5, 0.6) is 0 Å². The number of nitrogens with one attached hydrogen (secondary N) is 4. The van der Waals surface area contributed by atoms with Crippen molar-refractivity contribution in [3.63, 3.8) is 0 Å². The van der Waals surface area contributed by atoms with E-state index in [0.29, 0.717) is 12.8 Å². The third-order valence-electron chi connectivity index (χ3n) is 6.20. The molecule has 1 rings (SSSR count). The van der Waals surface area contributed by atoms with Crippen molar-refractivity contribution in [3.05, 3.63) is 0 Å². The van der Waals surface area contributed by atoms with Crippen molar-refractivity contribution in [1.82, 2.24) is 26.2 Å². The summed E-state index contributed by atoms with van der Waals surface area (Å²) >= 11 is 0. The lowest BCUT2D eigenvalue weighted by Gasteiger charge is -2.28. The van der Waals surface area contributed by atoms with Gasteiger partial charge in [-0.2, -0.15) is 0 Å². The fraction of sp³-hybridized carbons (Fsp3) is 0.769. The lowest BCUT2D eigenvalue weighted by Crippen LogP contribution is -2.56. The van der Waals surface area contributed by atoms with Crippen LogP contribution in [0, 0.1) is 5.92 Å². The highest BCUT2D eigenvalue weighted by molar-refractivity contribution is 7.40. The topological polar surface area (TPSA) is 210 Å². The molecule has 0 saturated carbocycles. The zero-order chi connectivity index (χ0) is 32.5. The molecule has 0 radical (unpaired) electrons. The molecule has 0 spiro atoms. The Labute approximate surface area is 247 Å².